The molecular formula is C27H36O5. The zero-order valence-electron chi connectivity index (χ0n) is 19.4. The third-order valence-electron chi connectivity index (χ3n) is 9.57. The smallest absolute Gasteiger partial charge is 0.331 e. The molecule has 4 fully saturated rings. The van der Waals surface area contributed by atoms with Crippen LogP contribution in [-0.4, -0.2) is 40.8 Å². The van der Waals surface area contributed by atoms with E-state index in [4.69, 9.17) is 9.47 Å². The number of allylic oxidation sites excluding steroid dienone is 2. The van der Waals surface area contributed by atoms with Crippen LogP contribution in [0, 0.1) is 29.1 Å². The number of hydrogen-bond acceptors (Lipinski definition) is 4. The SMILES string of the molecule is C=C1C[C@@]2(C)[C@@H](CC[C@@]2(O)C(=C)C=C(C)C(=O)O)[C@@H]2CC=C3CC4(CC[C@@H]3[C@@H]12)OCCO4. The van der Waals surface area contributed by atoms with Crippen molar-refractivity contribution in [2.75, 3.05) is 13.2 Å². The summed E-state index contributed by atoms with van der Waals surface area (Å²) in [5.74, 6) is 0.387. The Morgan fingerprint density at radius 2 is 1.94 bits per heavy atom. The van der Waals surface area contributed by atoms with Crippen molar-refractivity contribution in [1.82, 2.24) is 0 Å². The van der Waals surface area contributed by atoms with Crippen LogP contribution in [0.1, 0.15) is 58.8 Å². The summed E-state index contributed by atoms with van der Waals surface area (Å²) < 4.78 is 12.0. The Balaban J connectivity index is 1.44. The Morgan fingerprint density at radius 1 is 1.22 bits per heavy atom. The largest absolute Gasteiger partial charge is 0.478 e. The highest BCUT2D eigenvalue weighted by Gasteiger charge is 2.64. The van der Waals surface area contributed by atoms with E-state index in [0.29, 0.717) is 48.9 Å². The third kappa shape index (κ3) is 3.04. The quantitative estimate of drug-likeness (QED) is 0.375. The van der Waals surface area contributed by atoms with Crippen molar-refractivity contribution < 1.29 is 24.5 Å². The molecule has 5 heteroatoms. The second kappa shape index (κ2) is 7.41. The molecule has 0 aromatic carbocycles. The molecule has 0 bridgehead atoms. The van der Waals surface area contributed by atoms with Crippen LogP contribution < -0.4 is 0 Å². The van der Waals surface area contributed by atoms with E-state index in [-0.39, 0.29) is 11.0 Å². The van der Waals surface area contributed by atoms with Crippen molar-refractivity contribution >= 4 is 5.97 Å². The van der Waals surface area contributed by atoms with Crippen LogP contribution in [0.5, 0.6) is 0 Å². The molecular weight excluding hydrogens is 404 g/mol. The van der Waals surface area contributed by atoms with Gasteiger partial charge in [-0.1, -0.05) is 37.3 Å². The molecule has 6 atom stereocenters. The summed E-state index contributed by atoms with van der Waals surface area (Å²) in [7, 11) is 0. The first-order valence-corrected chi connectivity index (χ1v) is 12.1. The van der Waals surface area contributed by atoms with Gasteiger partial charge < -0.3 is 19.7 Å². The highest BCUT2D eigenvalue weighted by molar-refractivity contribution is 5.86. The Labute approximate surface area is 190 Å². The Hall–Kier alpha value is -1.69. The van der Waals surface area contributed by atoms with Crippen LogP contribution in [0.3, 0.4) is 0 Å². The maximum Gasteiger partial charge on any atom is 0.331 e. The summed E-state index contributed by atoms with van der Waals surface area (Å²) >= 11 is 0. The lowest BCUT2D eigenvalue weighted by Gasteiger charge is -2.57. The van der Waals surface area contributed by atoms with E-state index in [1.807, 2.05) is 0 Å². The molecule has 5 nitrogen and oxygen atoms in total. The minimum absolute atomic E-state index is 0.209. The van der Waals surface area contributed by atoms with E-state index >= 15 is 0 Å². The van der Waals surface area contributed by atoms with Gasteiger partial charge in [0, 0.05) is 23.8 Å². The Morgan fingerprint density at radius 3 is 2.62 bits per heavy atom. The standard InChI is InChI=1S/C27H36O5/c1-16(24(28)29)13-18(3)27(30)10-8-22-21-6-5-19-15-26(31-11-12-32-26)9-7-20(19)23(21)17(2)14-25(22,27)4/h5,13,20-23,30H,2-3,6-12,14-15H2,1,4H3,(H,28,29)/t20-,21-,22-,23+,25-,27+/m0/s1. The average molecular weight is 441 g/mol. The number of fused-ring (bicyclic) bond motifs is 5. The van der Waals surface area contributed by atoms with Gasteiger partial charge in [0.2, 0.25) is 0 Å². The van der Waals surface area contributed by atoms with Crippen LogP contribution in [0.2, 0.25) is 0 Å². The minimum Gasteiger partial charge on any atom is -0.478 e. The summed E-state index contributed by atoms with van der Waals surface area (Å²) in [5, 5.41) is 21.2. The molecule has 0 radical (unpaired) electrons. The number of ether oxygens (including phenoxy) is 2. The normalized spacial score (nSPS) is 42.8. The summed E-state index contributed by atoms with van der Waals surface area (Å²) in [5.41, 5.74) is 1.96. The lowest BCUT2D eigenvalue weighted by Crippen LogP contribution is -2.54. The Bertz CT molecular complexity index is 922. The van der Waals surface area contributed by atoms with Crippen molar-refractivity contribution in [1.29, 1.82) is 0 Å². The predicted octanol–water partition coefficient (Wildman–Crippen LogP) is 4.79. The van der Waals surface area contributed by atoms with Crippen molar-refractivity contribution in [2.45, 2.75) is 70.2 Å². The number of carboxylic acid groups (broad SMARTS) is 1. The number of carboxylic acids is 1. The summed E-state index contributed by atoms with van der Waals surface area (Å²) in [4.78, 5) is 11.4. The van der Waals surface area contributed by atoms with Crippen LogP contribution in [0.25, 0.3) is 0 Å². The van der Waals surface area contributed by atoms with Gasteiger partial charge in [-0.25, -0.2) is 4.79 Å². The van der Waals surface area contributed by atoms with Crippen LogP contribution in [-0.2, 0) is 14.3 Å². The van der Waals surface area contributed by atoms with Gasteiger partial charge >= 0.3 is 5.97 Å². The van der Waals surface area contributed by atoms with Gasteiger partial charge in [0.15, 0.2) is 5.79 Å². The molecule has 32 heavy (non-hydrogen) atoms. The van der Waals surface area contributed by atoms with Crippen molar-refractivity contribution in [2.24, 2.45) is 29.1 Å². The van der Waals surface area contributed by atoms with Gasteiger partial charge in [-0.3, -0.25) is 0 Å². The molecule has 174 valence electrons. The number of aliphatic hydroxyl groups is 1. The van der Waals surface area contributed by atoms with Gasteiger partial charge in [0.25, 0.3) is 0 Å². The molecule has 1 aliphatic heterocycles. The lowest BCUT2D eigenvalue weighted by molar-refractivity contribution is -0.175. The fourth-order valence-electron chi connectivity index (χ4n) is 8.00. The predicted molar refractivity (Wildman–Crippen MR) is 122 cm³/mol. The van der Waals surface area contributed by atoms with E-state index in [1.54, 1.807) is 13.0 Å². The zero-order chi connectivity index (χ0) is 22.9. The summed E-state index contributed by atoms with van der Waals surface area (Å²) in [6, 6.07) is 0. The number of carbonyl (C=O) groups is 1. The molecule has 4 aliphatic carbocycles. The maximum atomic E-state index is 11.9. The first kappa shape index (κ1) is 22.1. The third-order valence-corrected chi connectivity index (χ3v) is 9.57. The Kier molecular flexibility index (Phi) is 5.12. The molecule has 3 saturated carbocycles. The van der Waals surface area contributed by atoms with E-state index in [0.717, 1.165) is 38.5 Å². The molecule has 1 spiro atoms. The molecule has 5 aliphatic rings. The van der Waals surface area contributed by atoms with Gasteiger partial charge in [0.05, 0.1) is 18.8 Å². The summed E-state index contributed by atoms with van der Waals surface area (Å²) in [6.45, 7) is 13.8. The molecule has 0 unspecified atom stereocenters. The highest BCUT2D eigenvalue weighted by atomic mass is 16.7. The number of aliphatic carboxylic acids is 1. The van der Waals surface area contributed by atoms with Crippen molar-refractivity contribution in [3.8, 4) is 0 Å². The monoisotopic (exact) mass is 440 g/mol. The second-order valence-electron chi connectivity index (χ2n) is 11.0. The molecule has 1 saturated heterocycles. The van der Waals surface area contributed by atoms with Gasteiger partial charge in [0.1, 0.15) is 0 Å². The van der Waals surface area contributed by atoms with Crippen LogP contribution in [0.15, 0.2) is 47.6 Å². The molecule has 0 amide bonds. The number of hydrogen-bond donors (Lipinski definition) is 2. The first-order valence-electron chi connectivity index (χ1n) is 12.1. The van der Waals surface area contributed by atoms with Crippen molar-refractivity contribution in [3.63, 3.8) is 0 Å². The van der Waals surface area contributed by atoms with Crippen LogP contribution >= 0.6 is 0 Å². The van der Waals surface area contributed by atoms with E-state index in [1.165, 1.54) is 11.1 Å². The second-order valence-corrected chi connectivity index (χ2v) is 11.0. The van der Waals surface area contributed by atoms with E-state index < -0.39 is 17.4 Å². The van der Waals surface area contributed by atoms with Gasteiger partial charge in [-0.05, 0) is 74.3 Å². The minimum atomic E-state index is -1.10. The molecule has 2 N–H and O–H groups in total. The highest BCUT2D eigenvalue weighted by Crippen LogP contribution is 2.67. The molecule has 5 rings (SSSR count). The number of rotatable bonds is 3. The molecule has 1 heterocycles. The topological polar surface area (TPSA) is 76.0 Å². The van der Waals surface area contributed by atoms with Crippen LogP contribution in [0.4, 0.5) is 0 Å². The molecule has 0 aromatic heterocycles. The van der Waals surface area contributed by atoms with Crippen molar-refractivity contribution in [3.05, 3.63) is 47.6 Å². The fraction of sp³-hybridized carbons (Fsp3) is 0.667. The summed E-state index contributed by atoms with van der Waals surface area (Å²) in [6.07, 6.45) is 10.2. The average Bonchev–Trinajstić information content (AvgIpc) is 3.30. The zero-order valence-corrected chi connectivity index (χ0v) is 19.4. The van der Waals surface area contributed by atoms with Gasteiger partial charge in [-0.2, -0.15) is 0 Å². The van der Waals surface area contributed by atoms with Gasteiger partial charge in [-0.15, -0.1) is 0 Å². The maximum absolute atomic E-state index is 11.9. The lowest BCUT2D eigenvalue weighted by atomic mass is 9.49. The van der Waals surface area contributed by atoms with E-state index in [9.17, 15) is 15.0 Å². The van der Waals surface area contributed by atoms with E-state index in [2.05, 4.69) is 26.2 Å². The molecule has 0 aromatic rings. The fourth-order valence-corrected chi connectivity index (χ4v) is 8.00. The first-order chi connectivity index (χ1) is 15.1.